The molecule has 0 unspecified atom stereocenters. The fourth-order valence-corrected chi connectivity index (χ4v) is 3.58. The molecule has 0 radical (unpaired) electrons. The monoisotopic (exact) mass is 354 g/mol. The van der Waals surface area contributed by atoms with Crippen molar-refractivity contribution >= 4 is 33.1 Å². The molecule has 0 bridgehead atoms. The lowest BCUT2D eigenvalue weighted by Gasteiger charge is -2.12. The first-order valence-corrected chi connectivity index (χ1v) is 9.21. The standard InChI is InChI=1S/C18H18N4O2S/c1-10(2)22-17(24)13-6-4-3-5-12(13)15(21-22)16(23)20-18-19-14(9-25-18)11-7-8-11/h3-6,9-11H,7-8H2,1-2H3,(H,19,20,23). The molecule has 2 heterocycles. The maximum Gasteiger partial charge on any atom is 0.278 e. The number of amides is 1. The fourth-order valence-electron chi connectivity index (χ4n) is 2.79. The summed E-state index contributed by atoms with van der Waals surface area (Å²) in [5, 5.41) is 10.8. The van der Waals surface area contributed by atoms with Crippen molar-refractivity contribution in [3.05, 3.63) is 51.4 Å². The van der Waals surface area contributed by atoms with Crippen LogP contribution < -0.4 is 10.9 Å². The molecular weight excluding hydrogens is 336 g/mol. The van der Waals surface area contributed by atoms with E-state index in [-0.39, 0.29) is 23.2 Å². The van der Waals surface area contributed by atoms with Crippen LogP contribution in [0, 0.1) is 0 Å². The van der Waals surface area contributed by atoms with Crippen LogP contribution in [0.4, 0.5) is 5.13 Å². The minimum atomic E-state index is -0.345. The highest BCUT2D eigenvalue weighted by atomic mass is 32.1. The van der Waals surface area contributed by atoms with Gasteiger partial charge in [0.2, 0.25) is 0 Å². The van der Waals surface area contributed by atoms with Gasteiger partial charge in [0.15, 0.2) is 10.8 Å². The van der Waals surface area contributed by atoms with Gasteiger partial charge in [0.25, 0.3) is 11.5 Å². The predicted octanol–water partition coefficient (Wildman–Crippen LogP) is 3.56. The summed E-state index contributed by atoms with van der Waals surface area (Å²) in [6, 6.07) is 6.93. The minimum Gasteiger partial charge on any atom is -0.296 e. The third kappa shape index (κ3) is 2.95. The first-order chi connectivity index (χ1) is 12.0. The number of aromatic nitrogens is 3. The Hall–Kier alpha value is -2.54. The first kappa shape index (κ1) is 16.0. The number of nitrogens with zero attached hydrogens (tertiary/aromatic N) is 3. The Bertz CT molecular complexity index is 1020. The number of hydrogen-bond acceptors (Lipinski definition) is 5. The van der Waals surface area contributed by atoms with Crippen molar-refractivity contribution in [2.45, 2.75) is 38.6 Å². The number of nitrogens with one attached hydrogen (secondary N) is 1. The second-order valence-corrected chi connectivity index (χ2v) is 7.40. The predicted molar refractivity (Wildman–Crippen MR) is 98.4 cm³/mol. The molecule has 128 valence electrons. The molecule has 0 aliphatic heterocycles. The van der Waals surface area contributed by atoms with E-state index in [2.05, 4.69) is 15.4 Å². The molecule has 1 saturated carbocycles. The minimum absolute atomic E-state index is 0.134. The second-order valence-electron chi connectivity index (χ2n) is 6.54. The zero-order valence-corrected chi connectivity index (χ0v) is 14.8. The van der Waals surface area contributed by atoms with E-state index in [1.165, 1.54) is 28.9 Å². The molecule has 1 amide bonds. The van der Waals surface area contributed by atoms with Gasteiger partial charge in [-0.2, -0.15) is 5.10 Å². The van der Waals surface area contributed by atoms with E-state index in [9.17, 15) is 9.59 Å². The van der Waals surface area contributed by atoms with E-state index in [0.717, 1.165) is 5.69 Å². The van der Waals surface area contributed by atoms with Gasteiger partial charge in [0.1, 0.15) is 0 Å². The summed E-state index contributed by atoms with van der Waals surface area (Å²) in [6.45, 7) is 3.74. The van der Waals surface area contributed by atoms with Gasteiger partial charge in [-0.3, -0.25) is 14.9 Å². The van der Waals surface area contributed by atoms with Gasteiger partial charge in [0.05, 0.1) is 17.1 Å². The molecule has 2 aromatic heterocycles. The number of thiazole rings is 1. The summed E-state index contributed by atoms with van der Waals surface area (Å²) < 4.78 is 1.36. The van der Waals surface area contributed by atoms with Crippen molar-refractivity contribution in [2.24, 2.45) is 0 Å². The van der Waals surface area contributed by atoms with Gasteiger partial charge >= 0.3 is 0 Å². The van der Waals surface area contributed by atoms with Crippen molar-refractivity contribution in [3.8, 4) is 0 Å². The highest BCUT2D eigenvalue weighted by Gasteiger charge is 2.26. The zero-order chi connectivity index (χ0) is 17.6. The lowest BCUT2D eigenvalue weighted by atomic mass is 10.1. The topological polar surface area (TPSA) is 76.9 Å². The van der Waals surface area contributed by atoms with Crippen LogP contribution in [-0.2, 0) is 0 Å². The molecule has 1 fully saturated rings. The second kappa shape index (κ2) is 6.07. The molecule has 0 saturated heterocycles. The summed E-state index contributed by atoms with van der Waals surface area (Å²) in [7, 11) is 0. The van der Waals surface area contributed by atoms with Crippen molar-refractivity contribution in [3.63, 3.8) is 0 Å². The van der Waals surface area contributed by atoms with Crippen molar-refractivity contribution in [1.29, 1.82) is 0 Å². The zero-order valence-electron chi connectivity index (χ0n) is 14.0. The van der Waals surface area contributed by atoms with E-state index >= 15 is 0 Å². The number of rotatable bonds is 4. The average Bonchev–Trinajstić information content (AvgIpc) is 3.35. The van der Waals surface area contributed by atoms with E-state index in [0.29, 0.717) is 21.8 Å². The number of hydrogen-bond donors (Lipinski definition) is 1. The summed E-state index contributed by atoms with van der Waals surface area (Å²) in [4.78, 5) is 29.8. The Morgan fingerprint density at radius 2 is 2.00 bits per heavy atom. The van der Waals surface area contributed by atoms with Crippen LogP contribution in [0.2, 0.25) is 0 Å². The summed E-state index contributed by atoms with van der Waals surface area (Å²) >= 11 is 1.42. The number of fused-ring (bicyclic) bond motifs is 1. The number of carbonyl (C=O) groups is 1. The molecule has 1 N–H and O–H groups in total. The van der Waals surface area contributed by atoms with Gasteiger partial charge in [0, 0.05) is 16.7 Å². The quantitative estimate of drug-likeness (QED) is 0.777. The SMILES string of the molecule is CC(C)n1nc(C(=O)Nc2nc(C3CC3)cs2)c2ccccc2c1=O. The molecule has 0 spiro atoms. The fraction of sp³-hybridized carbons (Fsp3) is 0.333. The molecule has 3 aromatic rings. The van der Waals surface area contributed by atoms with Crippen LogP contribution in [-0.4, -0.2) is 20.7 Å². The molecular formula is C18H18N4O2S. The van der Waals surface area contributed by atoms with Gasteiger partial charge in [-0.05, 0) is 32.8 Å². The smallest absolute Gasteiger partial charge is 0.278 e. The van der Waals surface area contributed by atoms with E-state index < -0.39 is 0 Å². The van der Waals surface area contributed by atoms with E-state index in [1.807, 2.05) is 19.2 Å². The Morgan fingerprint density at radius 3 is 2.68 bits per heavy atom. The van der Waals surface area contributed by atoms with Gasteiger partial charge < -0.3 is 0 Å². The molecule has 6 nitrogen and oxygen atoms in total. The maximum atomic E-state index is 12.8. The summed E-state index contributed by atoms with van der Waals surface area (Å²) in [5.74, 6) is 0.200. The molecule has 0 atom stereocenters. The number of anilines is 1. The van der Waals surface area contributed by atoms with Crippen LogP contribution in [0.5, 0.6) is 0 Å². The molecule has 25 heavy (non-hydrogen) atoms. The Balaban J connectivity index is 1.74. The highest BCUT2D eigenvalue weighted by Crippen LogP contribution is 2.40. The maximum absolute atomic E-state index is 12.8. The van der Waals surface area contributed by atoms with E-state index in [1.54, 1.807) is 24.3 Å². The lowest BCUT2D eigenvalue weighted by Crippen LogP contribution is -2.28. The molecule has 4 rings (SSSR count). The lowest BCUT2D eigenvalue weighted by molar-refractivity contribution is 0.102. The average molecular weight is 354 g/mol. The van der Waals surface area contributed by atoms with Gasteiger partial charge in [-0.1, -0.05) is 18.2 Å². The Morgan fingerprint density at radius 1 is 1.28 bits per heavy atom. The van der Waals surface area contributed by atoms with Crippen molar-refractivity contribution < 1.29 is 4.79 Å². The summed E-state index contributed by atoms with van der Waals surface area (Å²) in [6.07, 6.45) is 2.34. The van der Waals surface area contributed by atoms with Crippen molar-refractivity contribution in [1.82, 2.24) is 14.8 Å². The molecule has 1 aliphatic carbocycles. The third-order valence-corrected chi connectivity index (χ3v) is 5.05. The normalized spacial score (nSPS) is 14.2. The first-order valence-electron chi connectivity index (χ1n) is 8.33. The molecule has 1 aromatic carbocycles. The number of carbonyl (C=O) groups excluding carboxylic acids is 1. The van der Waals surface area contributed by atoms with Crippen LogP contribution in [0.3, 0.4) is 0 Å². The highest BCUT2D eigenvalue weighted by molar-refractivity contribution is 7.14. The van der Waals surface area contributed by atoms with Crippen LogP contribution >= 0.6 is 11.3 Å². The van der Waals surface area contributed by atoms with Gasteiger partial charge in [-0.15, -0.1) is 11.3 Å². The van der Waals surface area contributed by atoms with Crippen molar-refractivity contribution in [2.75, 3.05) is 5.32 Å². The van der Waals surface area contributed by atoms with Gasteiger partial charge in [-0.25, -0.2) is 9.67 Å². The van der Waals surface area contributed by atoms with Crippen LogP contribution in [0.1, 0.15) is 54.8 Å². The largest absolute Gasteiger partial charge is 0.296 e. The summed E-state index contributed by atoms with van der Waals surface area (Å²) in [5.41, 5.74) is 1.10. The van der Waals surface area contributed by atoms with E-state index in [4.69, 9.17) is 0 Å². The van der Waals surface area contributed by atoms with Crippen LogP contribution in [0.25, 0.3) is 10.8 Å². The molecule has 1 aliphatic rings. The van der Waals surface area contributed by atoms with Crippen LogP contribution in [0.15, 0.2) is 34.4 Å². The Labute approximate surface area is 148 Å². The Kier molecular flexibility index (Phi) is 3.88. The molecule has 7 heteroatoms. The number of benzene rings is 1. The third-order valence-electron chi connectivity index (χ3n) is 4.27.